The van der Waals surface area contributed by atoms with Gasteiger partial charge in [-0.05, 0) is 48.3 Å². The van der Waals surface area contributed by atoms with Crippen LogP contribution in [0.4, 0.5) is 0 Å². The zero-order valence-corrected chi connectivity index (χ0v) is 17.6. The average molecular weight is 405 g/mol. The number of rotatable bonds is 5. The van der Waals surface area contributed by atoms with E-state index in [0.717, 1.165) is 42.7 Å². The van der Waals surface area contributed by atoms with Crippen LogP contribution in [-0.2, 0) is 16.8 Å². The van der Waals surface area contributed by atoms with Crippen molar-refractivity contribution >= 4 is 5.97 Å². The van der Waals surface area contributed by atoms with Gasteiger partial charge in [0.1, 0.15) is 11.5 Å². The van der Waals surface area contributed by atoms with E-state index in [1.807, 2.05) is 18.2 Å². The van der Waals surface area contributed by atoms with Gasteiger partial charge in [-0.25, -0.2) is 0 Å². The molecular formula is C26H28O4. The number of fused-ring (bicyclic) bond motifs is 2. The number of ether oxygens (including phenoxy) is 2. The highest BCUT2D eigenvalue weighted by Gasteiger charge is 2.50. The van der Waals surface area contributed by atoms with E-state index in [1.165, 1.54) is 16.7 Å². The SMILES string of the molecule is CC1(C)CCC=C1[C@@]1(Oc2ccc3c(c2)OC[C@H]3CC(=O)O)CCc2ccccc21. The fraction of sp³-hybridized carbons (Fsp3) is 0.423. The maximum absolute atomic E-state index is 11.1. The summed E-state index contributed by atoms with van der Waals surface area (Å²) in [6.45, 7) is 5.05. The fourth-order valence-corrected chi connectivity index (χ4v) is 5.62. The van der Waals surface area contributed by atoms with E-state index in [9.17, 15) is 4.79 Å². The van der Waals surface area contributed by atoms with Crippen molar-refractivity contribution in [2.45, 2.75) is 57.5 Å². The van der Waals surface area contributed by atoms with Gasteiger partial charge in [-0.15, -0.1) is 0 Å². The average Bonchev–Trinajstić information content (AvgIpc) is 3.38. The van der Waals surface area contributed by atoms with Gasteiger partial charge in [-0.3, -0.25) is 4.79 Å². The summed E-state index contributed by atoms with van der Waals surface area (Å²) in [7, 11) is 0. The van der Waals surface area contributed by atoms with Gasteiger partial charge in [0.25, 0.3) is 0 Å². The van der Waals surface area contributed by atoms with Crippen molar-refractivity contribution in [2.75, 3.05) is 6.61 Å². The van der Waals surface area contributed by atoms with Gasteiger partial charge in [0.2, 0.25) is 0 Å². The number of hydrogen-bond donors (Lipinski definition) is 1. The number of carbonyl (C=O) groups is 1. The van der Waals surface area contributed by atoms with E-state index in [0.29, 0.717) is 6.61 Å². The van der Waals surface area contributed by atoms with Crippen LogP contribution >= 0.6 is 0 Å². The second-order valence-corrected chi connectivity index (χ2v) is 9.43. The molecule has 30 heavy (non-hydrogen) atoms. The monoisotopic (exact) mass is 404 g/mol. The van der Waals surface area contributed by atoms with Crippen molar-refractivity contribution in [1.29, 1.82) is 0 Å². The maximum Gasteiger partial charge on any atom is 0.304 e. The highest BCUT2D eigenvalue weighted by molar-refractivity contribution is 5.69. The first-order valence-corrected chi connectivity index (χ1v) is 10.9. The number of carboxylic acids is 1. The molecule has 1 heterocycles. The van der Waals surface area contributed by atoms with E-state index < -0.39 is 11.6 Å². The van der Waals surface area contributed by atoms with Crippen LogP contribution in [0.15, 0.2) is 54.1 Å². The van der Waals surface area contributed by atoms with Gasteiger partial charge in [0.05, 0.1) is 13.0 Å². The Morgan fingerprint density at radius 3 is 2.80 bits per heavy atom. The maximum atomic E-state index is 11.1. The number of carboxylic acid groups (broad SMARTS) is 1. The van der Waals surface area contributed by atoms with Gasteiger partial charge in [-0.1, -0.05) is 50.3 Å². The third-order valence-corrected chi connectivity index (χ3v) is 7.06. The lowest BCUT2D eigenvalue weighted by molar-refractivity contribution is -0.137. The van der Waals surface area contributed by atoms with Gasteiger partial charge >= 0.3 is 5.97 Å². The summed E-state index contributed by atoms with van der Waals surface area (Å²) < 4.78 is 12.7. The van der Waals surface area contributed by atoms with E-state index in [4.69, 9.17) is 14.6 Å². The van der Waals surface area contributed by atoms with Crippen molar-refractivity contribution in [1.82, 2.24) is 0 Å². The molecule has 0 spiro atoms. The van der Waals surface area contributed by atoms with Gasteiger partial charge in [0, 0.05) is 23.1 Å². The Morgan fingerprint density at radius 1 is 1.20 bits per heavy atom. The Labute approximate surface area is 177 Å². The molecule has 2 aliphatic carbocycles. The molecule has 0 radical (unpaired) electrons. The minimum absolute atomic E-state index is 0.0889. The molecule has 0 unspecified atom stereocenters. The number of benzene rings is 2. The Bertz CT molecular complexity index is 1040. The van der Waals surface area contributed by atoms with Crippen LogP contribution in [0.2, 0.25) is 0 Å². The number of aliphatic carboxylic acids is 1. The highest BCUT2D eigenvalue weighted by Crippen LogP contribution is 2.55. The summed E-state index contributed by atoms with van der Waals surface area (Å²) in [5, 5.41) is 9.15. The molecule has 2 aromatic carbocycles. The Hall–Kier alpha value is -2.75. The molecule has 4 nitrogen and oxygen atoms in total. The third kappa shape index (κ3) is 3.01. The second kappa shape index (κ2) is 6.90. The lowest BCUT2D eigenvalue weighted by atomic mass is 9.73. The smallest absolute Gasteiger partial charge is 0.304 e. The summed E-state index contributed by atoms with van der Waals surface area (Å²) in [5.41, 5.74) is 4.62. The predicted molar refractivity (Wildman–Crippen MR) is 115 cm³/mol. The minimum atomic E-state index is -0.798. The lowest BCUT2D eigenvalue weighted by Gasteiger charge is -2.39. The van der Waals surface area contributed by atoms with Crippen molar-refractivity contribution in [3.05, 3.63) is 70.8 Å². The predicted octanol–water partition coefficient (Wildman–Crippen LogP) is 5.60. The summed E-state index contributed by atoms with van der Waals surface area (Å²) in [6, 6.07) is 14.5. The highest BCUT2D eigenvalue weighted by atomic mass is 16.5. The van der Waals surface area contributed by atoms with E-state index in [1.54, 1.807) is 0 Å². The Morgan fingerprint density at radius 2 is 2.03 bits per heavy atom. The molecule has 0 bridgehead atoms. The molecule has 5 rings (SSSR count). The van der Waals surface area contributed by atoms with Crippen molar-refractivity contribution in [3.63, 3.8) is 0 Å². The molecule has 1 N–H and O–H groups in total. The van der Waals surface area contributed by atoms with Gasteiger partial charge in [-0.2, -0.15) is 0 Å². The first-order chi connectivity index (χ1) is 14.4. The molecule has 2 aromatic rings. The van der Waals surface area contributed by atoms with Crippen LogP contribution in [0.1, 0.15) is 62.1 Å². The van der Waals surface area contributed by atoms with Gasteiger partial charge in [0.15, 0.2) is 5.60 Å². The summed E-state index contributed by atoms with van der Waals surface area (Å²) in [6.07, 6.45) is 6.63. The fourth-order valence-electron chi connectivity index (χ4n) is 5.62. The van der Waals surface area contributed by atoms with Crippen molar-refractivity contribution < 1.29 is 19.4 Å². The topological polar surface area (TPSA) is 55.8 Å². The molecule has 2 atom stereocenters. The summed E-state index contributed by atoms with van der Waals surface area (Å²) in [4.78, 5) is 11.1. The molecule has 0 saturated heterocycles. The van der Waals surface area contributed by atoms with Crippen LogP contribution in [0, 0.1) is 5.41 Å². The van der Waals surface area contributed by atoms with Gasteiger partial charge < -0.3 is 14.6 Å². The molecule has 3 aliphatic rings. The van der Waals surface area contributed by atoms with Crippen LogP contribution in [0.3, 0.4) is 0 Å². The number of aryl methyl sites for hydroxylation is 1. The quantitative estimate of drug-likeness (QED) is 0.659. The molecule has 0 aromatic heterocycles. The second-order valence-electron chi connectivity index (χ2n) is 9.43. The standard InChI is InChI=1S/C26H28O4/c1-25(2)12-5-8-23(25)26(13-11-17-6-3-4-7-21(17)26)30-19-9-10-20-18(14-24(27)28)16-29-22(20)15-19/h3-4,6-10,15,18H,5,11-14,16H2,1-2H3,(H,27,28)/t18-,26-/m1/s1. The van der Waals surface area contributed by atoms with E-state index in [2.05, 4.69) is 44.2 Å². The zero-order chi connectivity index (χ0) is 20.9. The number of allylic oxidation sites excluding steroid dienone is 1. The molecular weight excluding hydrogens is 376 g/mol. The first-order valence-electron chi connectivity index (χ1n) is 10.9. The Kier molecular flexibility index (Phi) is 4.42. The van der Waals surface area contributed by atoms with Crippen LogP contribution < -0.4 is 9.47 Å². The van der Waals surface area contributed by atoms with Crippen LogP contribution in [0.5, 0.6) is 11.5 Å². The molecule has 0 amide bonds. The molecule has 1 aliphatic heterocycles. The number of hydrogen-bond acceptors (Lipinski definition) is 3. The minimum Gasteiger partial charge on any atom is -0.492 e. The molecule has 156 valence electrons. The van der Waals surface area contributed by atoms with E-state index in [-0.39, 0.29) is 17.8 Å². The summed E-state index contributed by atoms with van der Waals surface area (Å²) >= 11 is 0. The van der Waals surface area contributed by atoms with Crippen LogP contribution in [0.25, 0.3) is 0 Å². The Balaban J connectivity index is 1.53. The van der Waals surface area contributed by atoms with Crippen molar-refractivity contribution in [3.8, 4) is 11.5 Å². The molecule has 0 fully saturated rings. The van der Waals surface area contributed by atoms with Crippen LogP contribution in [-0.4, -0.2) is 17.7 Å². The van der Waals surface area contributed by atoms with Crippen molar-refractivity contribution in [2.24, 2.45) is 5.41 Å². The lowest BCUT2D eigenvalue weighted by Crippen LogP contribution is -2.37. The summed E-state index contributed by atoms with van der Waals surface area (Å²) in [5.74, 6) is 0.641. The third-order valence-electron chi connectivity index (χ3n) is 7.06. The molecule has 4 heteroatoms. The zero-order valence-electron chi connectivity index (χ0n) is 17.6. The molecule has 0 saturated carbocycles. The largest absolute Gasteiger partial charge is 0.492 e. The normalized spacial score (nSPS) is 25.9. The first kappa shape index (κ1) is 19.2. The van der Waals surface area contributed by atoms with E-state index >= 15 is 0 Å².